The average molecular weight is 542 g/mol. The zero-order valence-corrected chi connectivity index (χ0v) is 20.0. The number of anilines is 1. The van der Waals surface area contributed by atoms with E-state index in [4.69, 9.17) is 21.1 Å². The molecular formula is C25H18BrClN2O5. The fraction of sp³-hybridized carbons (Fsp3) is 0.0800. The highest BCUT2D eigenvalue weighted by Gasteiger charge is 2.36. The van der Waals surface area contributed by atoms with Crippen LogP contribution in [-0.4, -0.2) is 31.1 Å². The van der Waals surface area contributed by atoms with Gasteiger partial charge in [-0.05, 0) is 60.2 Å². The summed E-state index contributed by atoms with van der Waals surface area (Å²) in [5.74, 6) is -0.273. The zero-order chi connectivity index (χ0) is 24.1. The molecule has 1 saturated heterocycles. The number of carbonyl (C=O) groups excluding carboxylic acids is 3. The number of nitrogens with one attached hydrogen (secondary N) is 1. The first-order valence-electron chi connectivity index (χ1n) is 10.2. The van der Waals surface area contributed by atoms with Crippen molar-refractivity contribution in [1.82, 2.24) is 5.32 Å². The van der Waals surface area contributed by atoms with Crippen molar-refractivity contribution in [3.63, 3.8) is 0 Å². The number of hydrogen-bond donors (Lipinski definition) is 1. The zero-order valence-electron chi connectivity index (χ0n) is 17.7. The summed E-state index contributed by atoms with van der Waals surface area (Å²) in [5.41, 5.74) is 0.805. The van der Waals surface area contributed by atoms with Crippen molar-refractivity contribution in [2.45, 2.75) is 0 Å². The van der Waals surface area contributed by atoms with E-state index in [0.717, 1.165) is 9.37 Å². The molecule has 1 aliphatic heterocycles. The number of benzene rings is 3. The lowest BCUT2D eigenvalue weighted by Gasteiger charge is -2.26. The van der Waals surface area contributed by atoms with Crippen LogP contribution in [0, 0.1) is 0 Å². The number of imide groups is 2. The Kier molecular flexibility index (Phi) is 7.30. The second-order valence-electron chi connectivity index (χ2n) is 7.13. The van der Waals surface area contributed by atoms with Crippen LogP contribution in [0.15, 0.2) is 82.8 Å². The van der Waals surface area contributed by atoms with E-state index in [0.29, 0.717) is 41.0 Å². The highest BCUT2D eigenvalue weighted by Crippen LogP contribution is 2.25. The molecule has 0 spiro atoms. The van der Waals surface area contributed by atoms with Gasteiger partial charge in [-0.2, -0.15) is 0 Å². The molecule has 0 saturated carbocycles. The second kappa shape index (κ2) is 10.5. The van der Waals surface area contributed by atoms with Crippen LogP contribution in [0.5, 0.6) is 11.5 Å². The summed E-state index contributed by atoms with van der Waals surface area (Å²) >= 11 is 9.36. The Hall–Kier alpha value is -3.62. The van der Waals surface area contributed by atoms with Crippen molar-refractivity contribution in [3.05, 3.63) is 93.4 Å². The van der Waals surface area contributed by atoms with Crippen molar-refractivity contribution in [2.24, 2.45) is 0 Å². The first kappa shape index (κ1) is 23.5. The Balaban J connectivity index is 1.41. The summed E-state index contributed by atoms with van der Waals surface area (Å²) in [5, 5.41) is 2.73. The van der Waals surface area contributed by atoms with E-state index in [1.165, 1.54) is 6.08 Å². The summed E-state index contributed by atoms with van der Waals surface area (Å²) in [7, 11) is 0. The topological polar surface area (TPSA) is 84.9 Å². The normalized spacial score (nSPS) is 14.8. The van der Waals surface area contributed by atoms with Crippen LogP contribution >= 0.6 is 27.5 Å². The molecule has 0 radical (unpaired) electrons. The Morgan fingerprint density at radius 2 is 1.56 bits per heavy atom. The Labute approximate surface area is 209 Å². The maximum atomic E-state index is 12.9. The lowest BCUT2D eigenvalue weighted by molar-refractivity contribution is -0.122. The van der Waals surface area contributed by atoms with Gasteiger partial charge in [-0.1, -0.05) is 51.8 Å². The summed E-state index contributed by atoms with van der Waals surface area (Å²) < 4.78 is 12.0. The highest BCUT2D eigenvalue weighted by atomic mass is 79.9. The van der Waals surface area contributed by atoms with Gasteiger partial charge in [0.05, 0.1) is 10.7 Å². The van der Waals surface area contributed by atoms with E-state index in [1.807, 2.05) is 12.1 Å². The third-order valence-corrected chi connectivity index (χ3v) is 5.66. The van der Waals surface area contributed by atoms with Crippen LogP contribution in [0.3, 0.4) is 0 Å². The van der Waals surface area contributed by atoms with Crippen LogP contribution < -0.4 is 19.7 Å². The molecule has 172 valence electrons. The first-order chi connectivity index (χ1) is 16.4. The van der Waals surface area contributed by atoms with Crippen molar-refractivity contribution >= 4 is 57.1 Å². The minimum Gasteiger partial charge on any atom is -0.490 e. The Morgan fingerprint density at radius 3 is 2.26 bits per heavy atom. The number of amides is 4. The van der Waals surface area contributed by atoms with Crippen LogP contribution in [-0.2, 0) is 9.59 Å². The van der Waals surface area contributed by atoms with E-state index in [1.54, 1.807) is 60.7 Å². The average Bonchev–Trinajstić information content (AvgIpc) is 2.82. The van der Waals surface area contributed by atoms with Gasteiger partial charge in [-0.15, -0.1) is 0 Å². The third-order valence-electron chi connectivity index (χ3n) is 4.82. The lowest BCUT2D eigenvalue weighted by Crippen LogP contribution is -2.54. The van der Waals surface area contributed by atoms with E-state index in [9.17, 15) is 14.4 Å². The highest BCUT2D eigenvalue weighted by molar-refractivity contribution is 9.10. The monoisotopic (exact) mass is 540 g/mol. The molecule has 0 unspecified atom stereocenters. The van der Waals surface area contributed by atoms with Gasteiger partial charge >= 0.3 is 6.03 Å². The molecule has 9 heteroatoms. The van der Waals surface area contributed by atoms with Gasteiger partial charge < -0.3 is 9.47 Å². The third kappa shape index (κ3) is 5.47. The molecule has 1 aliphatic rings. The van der Waals surface area contributed by atoms with Gasteiger partial charge in [0.2, 0.25) is 0 Å². The second-order valence-corrected chi connectivity index (χ2v) is 8.45. The van der Waals surface area contributed by atoms with Crippen LogP contribution in [0.4, 0.5) is 10.5 Å². The molecule has 0 bridgehead atoms. The number of halogens is 2. The summed E-state index contributed by atoms with van der Waals surface area (Å²) in [4.78, 5) is 38.5. The first-order valence-corrected chi connectivity index (χ1v) is 11.4. The quantitative estimate of drug-likeness (QED) is 0.252. The van der Waals surface area contributed by atoms with Gasteiger partial charge in [0.1, 0.15) is 30.3 Å². The summed E-state index contributed by atoms with van der Waals surface area (Å²) in [6, 6.07) is 19.8. The Morgan fingerprint density at radius 1 is 0.882 bits per heavy atom. The molecule has 4 amide bonds. The van der Waals surface area contributed by atoms with Crippen molar-refractivity contribution in [3.8, 4) is 11.5 Å². The minimum atomic E-state index is -0.794. The molecule has 4 rings (SSSR count). The van der Waals surface area contributed by atoms with Crippen molar-refractivity contribution < 1.29 is 23.9 Å². The van der Waals surface area contributed by atoms with Gasteiger partial charge in [0.15, 0.2) is 0 Å². The minimum absolute atomic E-state index is 0.149. The van der Waals surface area contributed by atoms with Gasteiger partial charge in [0.25, 0.3) is 11.8 Å². The van der Waals surface area contributed by atoms with Crippen LogP contribution in [0.25, 0.3) is 6.08 Å². The number of hydrogen-bond acceptors (Lipinski definition) is 5. The van der Waals surface area contributed by atoms with Crippen LogP contribution in [0.1, 0.15) is 5.56 Å². The number of ether oxygens (including phenoxy) is 2. The largest absolute Gasteiger partial charge is 0.490 e. The maximum absolute atomic E-state index is 12.9. The number of urea groups is 1. The molecule has 1 fully saturated rings. The van der Waals surface area contributed by atoms with E-state index in [2.05, 4.69) is 21.2 Å². The SMILES string of the molecule is O=C1NC(=O)N(c2ccc(Br)cc2)C(=O)/C1=C/c1ccc(OCCOc2ccccc2Cl)cc1. The van der Waals surface area contributed by atoms with E-state index in [-0.39, 0.29) is 5.57 Å². The molecule has 3 aromatic rings. The number of rotatable bonds is 7. The molecule has 1 heterocycles. The van der Waals surface area contributed by atoms with Gasteiger partial charge in [-0.25, -0.2) is 9.69 Å². The standard InChI is InChI=1S/C25H18BrClN2O5/c26-17-7-9-18(10-8-17)29-24(31)20(23(30)28-25(29)32)15-16-5-11-19(12-6-16)33-13-14-34-22-4-2-1-3-21(22)27/h1-12,15H,13-14H2,(H,28,30,32)/b20-15+. The number of para-hydroxylation sites is 1. The van der Waals surface area contributed by atoms with E-state index >= 15 is 0 Å². The Bertz CT molecular complexity index is 1260. The predicted molar refractivity (Wildman–Crippen MR) is 132 cm³/mol. The molecule has 3 aromatic carbocycles. The molecule has 7 nitrogen and oxygen atoms in total. The maximum Gasteiger partial charge on any atom is 0.335 e. The van der Waals surface area contributed by atoms with Crippen LogP contribution in [0.2, 0.25) is 5.02 Å². The molecular weight excluding hydrogens is 524 g/mol. The summed E-state index contributed by atoms with van der Waals surface area (Å²) in [6.45, 7) is 0.612. The molecule has 0 aliphatic carbocycles. The van der Waals surface area contributed by atoms with Gasteiger partial charge in [0, 0.05) is 4.47 Å². The smallest absolute Gasteiger partial charge is 0.335 e. The summed E-state index contributed by atoms with van der Waals surface area (Å²) in [6.07, 6.45) is 1.43. The van der Waals surface area contributed by atoms with E-state index < -0.39 is 17.8 Å². The number of barbiturate groups is 1. The molecule has 0 aromatic heterocycles. The lowest BCUT2D eigenvalue weighted by atomic mass is 10.1. The van der Waals surface area contributed by atoms with Crippen molar-refractivity contribution in [1.29, 1.82) is 0 Å². The molecule has 34 heavy (non-hydrogen) atoms. The van der Waals surface area contributed by atoms with Crippen molar-refractivity contribution in [2.75, 3.05) is 18.1 Å². The number of nitrogens with zero attached hydrogens (tertiary/aromatic N) is 1. The number of carbonyl (C=O) groups is 3. The van der Waals surface area contributed by atoms with Gasteiger partial charge in [-0.3, -0.25) is 14.9 Å². The predicted octanol–water partition coefficient (Wildman–Crippen LogP) is 5.23. The fourth-order valence-electron chi connectivity index (χ4n) is 3.18. The molecule has 0 atom stereocenters. The molecule has 1 N–H and O–H groups in total. The fourth-order valence-corrected chi connectivity index (χ4v) is 3.64.